The van der Waals surface area contributed by atoms with Crippen LogP contribution in [-0.2, 0) is 19.1 Å². The van der Waals surface area contributed by atoms with Crippen molar-refractivity contribution in [1.29, 1.82) is 0 Å². The Kier molecular flexibility index (Phi) is 6.67. The van der Waals surface area contributed by atoms with Crippen LogP contribution in [0.25, 0.3) is 0 Å². The number of likely N-dealkylation sites (tertiary alicyclic amines) is 1. The molecule has 6 heteroatoms. The van der Waals surface area contributed by atoms with Crippen molar-refractivity contribution < 1.29 is 24.2 Å². The van der Waals surface area contributed by atoms with Gasteiger partial charge >= 0.3 is 11.9 Å². The lowest BCUT2D eigenvalue weighted by molar-refractivity contribution is -0.151. The van der Waals surface area contributed by atoms with Gasteiger partial charge in [0, 0.05) is 6.61 Å². The maximum atomic E-state index is 11.5. The summed E-state index contributed by atoms with van der Waals surface area (Å²) in [5.74, 6) is -1.25. The summed E-state index contributed by atoms with van der Waals surface area (Å²) in [5, 5.41) is 9.05. The van der Waals surface area contributed by atoms with Crippen LogP contribution in [-0.4, -0.2) is 60.9 Å². The summed E-state index contributed by atoms with van der Waals surface area (Å²) < 4.78 is 10.0. The number of esters is 1. The average Bonchev–Trinajstić information content (AvgIpc) is 2.35. The molecule has 1 saturated heterocycles. The van der Waals surface area contributed by atoms with E-state index in [1.807, 2.05) is 6.92 Å². The Balaban J connectivity index is 2.30. The van der Waals surface area contributed by atoms with Crippen molar-refractivity contribution in [1.82, 2.24) is 4.90 Å². The number of nitrogens with zero attached hydrogens (tertiary/aromatic N) is 1. The predicted molar refractivity (Wildman–Crippen MR) is 64.3 cm³/mol. The average molecular weight is 259 g/mol. The minimum atomic E-state index is -0.864. The lowest BCUT2D eigenvalue weighted by atomic mass is 10.0. The molecule has 0 bridgehead atoms. The normalized spacial score (nSPS) is 20.6. The smallest absolute Gasteiger partial charge is 0.320 e. The Hall–Kier alpha value is -1.14. The van der Waals surface area contributed by atoms with E-state index in [0.29, 0.717) is 26.2 Å². The molecular formula is C12H21NO5. The Morgan fingerprint density at radius 1 is 1.33 bits per heavy atom. The van der Waals surface area contributed by atoms with Crippen LogP contribution >= 0.6 is 0 Å². The van der Waals surface area contributed by atoms with Crippen LogP contribution in [0.4, 0.5) is 0 Å². The highest BCUT2D eigenvalue weighted by Crippen LogP contribution is 2.16. The summed E-state index contributed by atoms with van der Waals surface area (Å²) in [7, 11) is 0. The van der Waals surface area contributed by atoms with Crippen LogP contribution in [0.5, 0.6) is 0 Å². The molecule has 1 atom stereocenters. The largest absolute Gasteiger partial charge is 0.480 e. The third-order valence-electron chi connectivity index (χ3n) is 2.93. The summed E-state index contributed by atoms with van der Waals surface area (Å²) in [6, 6.07) is -0.557. The molecule has 1 unspecified atom stereocenters. The second-order valence-corrected chi connectivity index (χ2v) is 4.24. The van der Waals surface area contributed by atoms with Crippen molar-refractivity contribution in [3.63, 3.8) is 0 Å². The fourth-order valence-electron chi connectivity index (χ4n) is 2.03. The highest BCUT2D eigenvalue weighted by atomic mass is 16.6. The molecule has 18 heavy (non-hydrogen) atoms. The molecule has 0 amide bonds. The van der Waals surface area contributed by atoms with Gasteiger partial charge in [0.05, 0.1) is 13.2 Å². The zero-order valence-corrected chi connectivity index (χ0v) is 10.8. The molecule has 1 fully saturated rings. The van der Waals surface area contributed by atoms with Crippen LogP contribution in [0, 0.1) is 0 Å². The van der Waals surface area contributed by atoms with Gasteiger partial charge in [-0.2, -0.15) is 0 Å². The summed E-state index contributed by atoms with van der Waals surface area (Å²) in [5.41, 5.74) is 0. The molecule has 1 N–H and O–H groups in total. The number of carboxylic acid groups (broad SMARTS) is 1. The van der Waals surface area contributed by atoms with Crippen LogP contribution in [0.15, 0.2) is 0 Å². The van der Waals surface area contributed by atoms with Gasteiger partial charge in [-0.05, 0) is 26.3 Å². The number of carboxylic acids is 1. The van der Waals surface area contributed by atoms with Gasteiger partial charge in [-0.3, -0.25) is 14.5 Å². The van der Waals surface area contributed by atoms with E-state index in [4.69, 9.17) is 14.6 Å². The van der Waals surface area contributed by atoms with Crippen molar-refractivity contribution in [3.8, 4) is 0 Å². The van der Waals surface area contributed by atoms with E-state index in [9.17, 15) is 9.59 Å². The molecule has 1 aliphatic rings. The van der Waals surface area contributed by atoms with Crippen molar-refractivity contribution in [2.75, 3.05) is 32.9 Å². The minimum Gasteiger partial charge on any atom is -0.480 e. The predicted octanol–water partition coefficient (Wildman–Crippen LogP) is 0.505. The zero-order valence-electron chi connectivity index (χ0n) is 10.8. The molecule has 1 rings (SSSR count). The van der Waals surface area contributed by atoms with Gasteiger partial charge in [-0.25, -0.2) is 0 Å². The van der Waals surface area contributed by atoms with Crippen molar-refractivity contribution in [2.24, 2.45) is 0 Å². The first-order chi connectivity index (χ1) is 8.65. The number of ether oxygens (including phenoxy) is 2. The molecular weight excluding hydrogens is 238 g/mol. The van der Waals surface area contributed by atoms with Gasteiger partial charge < -0.3 is 14.6 Å². The Bertz CT molecular complexity index is 282. The summed E-state index contributed by atoms with van der Waals surface area (Å²) >= 11 is 0. The molecule has 0 spiro atoms. The van der Waals surface area contributed by atoms with E-state index >= 15 is 0 Å². The number of rotatable bonds is 7. The summed E-state index contributed by atoms with van der Waals surface area (Å²) in [4.78, 5) is 24.2. The number of carbonyl (C=O) groups is 2. The quantitative estimate of drug-likeness (QED) is 0.530. The van der Waals surface area contributed by atoms with Gasteiger partial charge in [0.25, 0.3) is 0 Å². The third kappa shape index (κ3) is 5.01. The standard InChI is InChI=1S/C12H21NO5/c1-2-17-7-8-18-11(14)9-13-6-4-3-5-10(13)12(15)16/h10H,2-9H2,1H3,(H,15,16). The van der Waals surface area contributed by atoms with Crippen molar-refractivity contribution in [3.05, 3.63) is 0 Å². The second-order valence-electron chi connectivity index (χ2n) is 4.24. The van der Waals surface area contributed by atoms with Crippen LogP contribution < -0.4 is 0 Å². The van der Waals surface area contributed by atoms with Crippen LogP contribution in [0.1, 0.15) is 26.2 Å². The lowest BCUT2D eigenvalue weighted by Crippen LogP contribution is -2.47. The Morgan fingerprint density at radius 3 is 2.78 bits per heavy atom. The molecule has 1 aliphatic heterocycles. The van der Waals surface area contributed by atoms with E-state index in [2.05, 4.69) is 0 Å². The van der Waals surface area contributed by atoms with Gasteiger partial charge in [0.1, 0.15) is 12.6 Å². The first kappa shape index (κ1) is 14.9. The van der Waals surface area contributed by atoms with E-state index in [0.717, 1.165) is 12.8 Å². The number of piperidine rings is 1. The number of hydrogen-bond acceptors (Lipinski definition) is 5. The Morgan fingerprint density at radius 2 is 2.11 bits per heavy atom. The molecule has 0 saturated carbocycles. The van der Waals surface area contributed by atoms with Gasteiger partial charge in [0.15, 0.2) is 0 Å². The van der Waals surface area contributed by atoms with E-state index in [-0.39, 0.29) is 19.1 Å². The van der Waals surface area contributed by atoms with Gasteiger partial charge in [-0.15, -0.1) is 0 Å². The fourth-order valence-corrected chi connectivity index (χ4v) is 2.03. The minimum absolute atomic E-state index is 0.0447. The zero-order chi connectivity index (χ0) is 13.4. The fraction of sp³-hybridized carbons (Fsp3) is 0.833. The first-order valence-corrected chi connectivity index (χ1v) is 6.35. The van der Waals surface area contributed by atoms with E-state index in [1.54, 1.807) is 4.90 Å². The van der Waals surface area contributed by atoms with Crippen molar-refractivity contribution >= 4 is 11.9 Å². The first-order valence-electron chi connectivity index (χ1n) is 6.35. The molecule has 0 aromatic carbocycles. The maximum Gasteiger partial charge on any atom is 0.320 e. The van der Waals surface area contributed by atoms with Gasteiger partial charge in [-0.1, -0.05) is 6.42 Å². The second kappa shape index (κ2) is 8.05. The maximum absolute atomic E-state index is 11.5. The molecule has 104 valence electrons. The molecule has 6 nitrogen and oxygen atoms in total. The topological polar surface area (TPSA) is 76.1 Å². The number of carbonyl (C=O) groups excluding carboxylic acids is 1. The molecule has 0 aromatic rings. The summed E-state index contributed by atoms with van der Waals surface area (Å²) in [6.07, 6.45) is 2.42. The Labute approximate surface area is 107 Å². The number of hydrogen-bond donors (Lipinski definition) is 1. The van der Waals surface area contributed by atoms with E-state index in [1.165, 1.54) is 0 Å². The van der Waals surface area contributed by atoms with Crippen LogP contribution in [0.2, 0.25) is 0 Å². The van der Waals surface area contributed by atoms with Crippen molar-refractivity contribution in [2.45, 2.75) is 32.2 Å². The molecule has 0 aromatic heterocycles. The monoisotopic (exact) mass is 259 g/mol. The van der Waals surface area contributed by atoms with Gasteiger partial charge in [0.2, 0.25) is 0 Å². The molecule has 0 aliphatic carbocycles. The molecule has 1 heterocycles. The molecule has 0 radical (unpaired) electrons. The summed E-state index contributed by atoms with van der Waals surface area (Å²) in [6.45, 7) is 3.74. The van der Waals surface area contributed by atoms with E-state index < -0.39 is 12.0 Å². The highest BCUT2D eigenvalue weighted by molar-refractivity contribution is 5.76. The van der Waals surface area contributed by atoms with Crippen LogP contribution in [0.3, 0.4) is 0 Å². The SMILES string of the molecule is CCOCCOC(=O)CN1CCCCC1C(=O)O. The third-order valence-corrected chi connectivity index (χ3v) is 2.93. The lowest BCUT2D eigenvalue weighted by Gasteiger charge is -2.31. The highest BCUT2D eigenvalue weighted by Gasteiger charge is 2.29. The number of aliphatic carboxylic acids is 1.